The van der Waals surface area contributed by atoms with Gasteiger partial charge in [-0.05, 0) is 19.3 Å². The zero-order chi connectivity index (χ0) is 16.1. The molecule has 1 aromatic rings. The van der Waals surface area contributed by atoms with Crippen LogP contribution in [0.15, 0.2) is 35.5 Å². The molecule has 1 amide bonds. The Morgan fingerprint density at radius 3 is 2.83 bits per heavy atom. The van der Waals surface area contributed by atoms with Crippen molar-refractivity contribution < 1.29 is 18.9 Å². The molecule has 4 N–H and O–H groups in total. The summed E-state index contributed by atoms with van der Waals surface area (Å²) in [6.07, 6.45) is -0.982. The van der Waals surface area contributed by atoms with Crippen LogP contribution in [0.3, 0.4) is 0 Å². The van der Waals surface area contributed by atoms with Gasteiger partial charge in [0, 0.05) is 4.11 Å². The van der Waals surface area contributed by atoms with Gasteiger partial charge in [-0.25, -0.2) is 4.79 Å². The Hall–Kier alpha value is -2.24. The molecule has 6 nitrogen and oxygen atoms in total. The summed E-state index contributed by atoms with van der Waals surface area (Å²) in [5.74, 6) is -0.640. The van der Waals surface area contributed by atoms with E-state index < -0.39 is 24.3 Å². The molecule has 0 saturated heterocycles. The molecular formula is C12H17N3O3. The number of hydrogen-bond acceptors (Lipinski definition) is 4. The summed E-state index contributed by atoms with van der Waals surface area (Å²) in [4.78, 5) is 11.7. The topological polar surface area (TPSA) is 96.9 Å². The lowest BCUT2D eigenvalue weighted by molar-refractivity contribution is 0.134. The fourth-order valence-corrected chi connectivity index (χ4v) is 1.13. The van der Waals surface area contributed by atoms with E-state index in [9.17, 15) is 4.79 Å². The number of amidine groups is 1. The number of alkyl carbamates (subject to hydrolysis) is 1. The molecule has 0 spiro atoms. The molecule has 1 rings (SSSR count). The van der Waals surface area contributed by atoms with Crippen molar-refractivity contribution in [1.29, 1.82) is 0 Å². The second-order valence-electron chi connectivity index (χ2n) is 3.80. The monoisotopic (exact) mass is 254 g/mol. The van der Waals surface area contributed by atoms with E-state index in [0.29, 0.717) is 0 Å². The summed E-state index contributed by atoms with van der Waals surface area (Å²) in [6, 6.07) is 8.87. The van der Waals surface area contributed by atoms with E-state index in [4.69, 9.17) is 19.8 Å². The second-order valence-corrected chi connectivity index (χ2v) is 3.80. The smallest absolute Gasteiger partial charge is 0.408 e. The number of rotatable bonds is 4. The fourth-order valence-electron chi connectivity index (χ4n) is 1.13. The van der Waals surface area contributed by atoms with Crippen LogP contribution in [-0.2, 0) is 11.3 Å². The molecule has 0 bridgehead atoms. The van der Waals surface area contributed by atoms with Crippen molar-refractivity contribution in [2.75, 3.05) is 0 Å². The molecule has 1 atom stereocenters. The molecule has 0 heterocycles. The maximum atomic E-state index is 11.7. The number of carbonyl (C=O) groups is 1. The lowest BCUT2D eigenvalue weighted by atomic mass is 10.1. The predicted octanol–water partition coefficient (Wildman–Crippen LogP) is 1.44. The average molecular weight is 254 g/mol. The number of oxime groups is 1. The number of nitrogens with one attached hydrogen (secondary N) is 1. The van der Waals surface area contributed by atoms with Crippen molar-refractivity contribution in [2.24, 2.45) is 10.9 Å². The first-order valence-corrected chi connectivity index (χ1v) is 5.17. The molecule has 0 radical (unpaired) electrons. The third-order valence-corrected chi connectivity index (χ3v) is 2.18. The first-order valence-electron chi connectivity index (χ1n) is 6.67. The van der Waals surface area contributed by atoms with Gasteiger partial charge in [0.2, 0.25) is 0 Å². The second kappa shape index (κ2) is 5.90. The number of amides is 1. The SMILES string of the molecule is [2H]C([2H])([2H])C(C)(NC(=O)OCc1ccccc1)C(N)=NO. The van der Waals surface area contributed by atoms with Crippen molar-refractivity contribution in [3.8, 4) is 0 Å². The van der Waals surface area contributed by atoms with Gasteiger partial charge in [0.1, 0.15) is 6.61 Å². The van der Waals surface area contributed by atoms with Gasteiger partial charge in [0.15, 0.2) is 5.84 Å². The van der Waals surface area contributed by atoms with Crippen LogP contribution in [0.5, 0.6) is 0 Å². The maximum absolute atomic E-state index is 11.7. The molecule has 0 aliphatic carbocycles. The van der Waals surface area contributed by atoms with Crippen molar-refractivity contribution in [2.45, 2.75) is 25.9 Å². The van der Waals surface area contributed by atoms with Gasteiger partial charge < -0.3 is 21.0 Å². The van der Waals surface area contributed by atoms with E-state index in [1.807, 2.05) is 6.07 Å². The average Bonchev–Trinajstić information content (AvgIpc) is 2.44. The number of hydrogen-bond donors (Lipinski definition) is 3. The molecule has 0 aromatic heterocycles. The summed E-state index contributed by atoms with van der Waals surface area (Å²) in [5.41, 5.74) is 4.07. The summed E-state index contributed by atoms with van der Waals surface area (Å²) in [6.45, 7) is -1.62. The minimum atomic E-state index is -2.71. The number of nitrogens with zero attached hydrogens (tertiary/aromatic N) is 1. The largest absolute Gasteiger partial charge is 0.445 e. The molecule has 0 aliphatic heterocycles. The summed E-state index contributed by atoms with van der Waals surface area (Å²) >= 11 is 0. The van der Waals surface area contributed by atoms with E-state index in [2.05, 4.69) is 10.5 Å². The number of nitrogens with two attached hydrogens (primary N) is 1. The van der Waals surface area contributed by atoms with Crippen molar-refractivity contribution in [3.63, 3.8) is 0 Å². The molecule has 6 heteroatoms. The zero-order valence-corrected chi connectivity index (χ0v) is 9.88. The highest BCUT2D eigenvalue weighted by Gasteiger charge is 2.26. The molecular weight excluding hydrogens is 234 g/mol. The molecule has 1 aromatic carbocycles. The van der Waals surface area contributed by atoms with Gasteiger partial charge in [0.05, 0.1) is 5.54 Å². The van der Waals surface area contributed by atoms with E-state index in [0.717, 1.165) is 12.5 Å². The van der Waals surface area contributed by atoms with E-state index in [1.54, 1.807) is 24.3 Å². The van der Waals surface area contributed by atoms with Gasteiger partial charge in [-0.1, -0.05) is 35.5 Å². The number of ether oxygens (including phenoxy) is 1. The minimum Gasteiger partial charge on any atom is -0.445 e. The summed E-state index contributed by atoms with van der Waals surface area (Å²) in [7, 11) is 0. The van der Waals surface area contributed by atoms with E-state index in [-0.39, 0.29) is 6.61 Å². The van der Waals surface area contributed by atoms with Crippen LogP contribution in [0, 0.1) is 0 Å². The Morgan fingerprint density at radius 1 is 1.61 bits per heavy atom. The van der Waals surface area contributed by atoms with Crippen LogP contribution in [0.1, 0.15) is 23.5 Å². The first kappa shape index (κ1) is 9.76. The van der Waals surface area contributed by atoms with Crippen LogP contribution in [-0.4, -0.2) is 22.7 Å². The Kier molecular flexibility index (Phi) is 3.20. The van der Waals surface area contributed by atoms with Crippen LogP contribution in [0.25, 0.3) is 0 Å². The first-order chi connectivity index (χ1) is 9.70. The molecule has 0 fully saturated rings. The van der Waals surface area contributed by atoms with Gasteiger partial charge in [-0.3, -0.25) is 0 Å². The molecule has 18 heavy (non-hydrogen) atoms. The molecule has 0 saturated carbocycles. The molecule has 1 unspecified atom stereocenters. The van der Waals surface area contributed by atoms with Gasteiger partial charge >= 0.3 is 6.09 Å². The van der Waals surface area contributed by atoms with Crippen LogP contribution in [0.2, 0.25) is 0 Å². The van der Waals surface area contributed by atoms with Gasteiger partial charge in [-0.2, -0.15) is 0 Å². The van der Waals surface area contributed by atoms with Gasteiger partial charge in [0.25, 0.3) is 0 Å². The molecule has 98 valence electrons. The van der Waals surface area contributed by atoms with Crippen molar-refractivity contribution in [1.82, 2.24) is 5.32 Å². The third-order valence-electron chi connectivity index (χ3n) is 2.18. The van der Waals surface area contributed by atoms with Crippen molar-refractivity contribution >= 4 is 11.9 Å². The normalized spacial score (nSPS) is 17.8. The zero-order valence-electron chi connectivity index (χ0n) is 12.9. The van der Waals surface area contributed by atoms with Crippen molar-refractivity contribution in [3.05, 3.63) is 35.9 Å². The highest BCUT2D eigenvalue weighted by atomic mass is 16.5. The van der Waals surface area contributed by atoms with Crippen LogP contribution >= 0.6 is 0 Å². The molecule has 0 aliphatic rings. The number of carbonyl (C=O) groups excluding carboxylic acids is 1. The predicted molar refractivity (Wildman–Crippen MR) is 67.3 cm³/mol. The maximum Gasteiger partial charge on any atom is 0.408 e. The Balaban J connectivity index is 2.74. The lowest BCUT2D eigenvalue weighted by Crippen LogP contribution is -2.53. The third kappa shape index (κ3) is 3.97. The lowest BCUT2D eigenvalue weighted by Gasteiger charge is -2.23. The number of benzene rings is 1. The Labute approximate surface area is 110 Å². The minimum absolute atomic E-state index is 0.0279. The van der Waals surface area contributed by atoms with Gasteiger partial charge in [-0.15, -0.1) is 0 Å². The summed E-state index contributed by atoms with van der Waals surface area (Å²) in [5, 5.41) is 13.5. The standard InChI is InChI=1S/C12H17N3O3/c1-12(2,10(13)15-17)14-11(16)18-8-9-6-4-3-5-7-9/h3-7,17H,8H2,1-2H3,(H2,13,15)(H,14,16)/i1D3. The summed E-state index contributed by atoms with van der Waals surface area (Å²) < 4.78 is 27.1. The Morgan fingerprint density at radius 2 is 2.28 bits per heavy atom. The van der Waals surface area contributed by atoms with E-state index >= 15 is 0 Å². The van der Waals surface area contributed by atoms with Crippen LogP contribution in [0.4, 0.5) is 4.79 Å². The fraction of sp³-hybridized carbons (Fsp3) is 0.333. The quantitative estimate of drug-likeness (QED) is 0.328. The highest BCUT2D eigenvalue weighted by molar-refractivity contribution is 5.91. The van der Waals surface area contributed by atoms with E-state index in [1.165, 1.54) is 0 Å². The van der Waals surface area contributed by atoms with Crippen LogP contribution < -0.4 is 11.1 Å². The Bertz CT molecular complexity index is 519. The highest BCUT2D eigenvalue weighted by Crippen LogP contribution is 2.04.